The monoisotopic (exact) mass is 276 g/mol. The van der Waals surface area contributed by atoms with Crippen LogP contribution in [0.2, 0.25) is 5.02 Å². The maximum atomic E-state index is 6.11. The lowest BCUT2D eigenvalue weighted by Crippen LogP contribution is -2.02. The summed E-state index contributed by atoms with van der Waals surface area (Å²) >= 11 is 6.11. The number of pyridine rings is 1. The number of nitrogens with zero attached hydrogens (tertiary/aromatic N) is 1. The van der Waals surface area contributed by atoms with E-state index in [1.54, 1.807) is 0 Å². The van der Waals surface area contributed by atoms with Crippen molar-refractivity contribution in [3.8, 4) is 5.75 Å². The van der Waals surface area contributed by atoms with Gasteiger partial charge in [0.2, 0.25) is 0 Å². The summed E-state index contributed by atoms with van der Waals surface area (Å²) in [5.41, 5.74) is 3.09. The van der Waals surface area contributed by atoms with Crippen molar-refractivity contribution >= 4 is 17.4 Å². The Kier molecular flexibility index (Phi) is 4.27. The van der Waals surface area contributed by atoms with E-state index in [-0.39, 0.29) is 0 Å². The largest absolute Gasteiger partial charge is 0.487 e. The van der Waals surface area contributed by atoms with E-state index in [0.717, 1.165) is 17.3 Å². The molecule has 4 heteroatoms. The van der Waals surface area contributed by atoms with Crippen LogP contribution in [0.25, 0.3) is 0 Å². The van der Waals surface area contributed by atoms with E-state index >= 15 is 0 Å². The summed E-state index contributed by atoms with van der Waals surface area (Å²) in [7, 11) is 1.82. The van der Waals surface area contributed by atoms with Crippen LogP contribution in [0.15, 0.2) is 30.3 Å². The molecule has 19 heavy (non-hydrogen) atoms. The molecule has 2 aromatic rings. The van der Waals surface area contributed by atoms with Crippen LogP contribution in [0.1, 0.15) is 16.8 Å². The molecule has 0 spiro atoms. The Morgan fingerprint density at radius 1 is 1.16 bits per heavy atom. The highest BCUT2D eigenvalue weighted by molar-refractivity contribution is 6.31. The quantitative estimate of drug-likeness (QED) is 0.917. The molecule has 0 bridgehead atoms. The highest BCUT2D eigenvalue weighted by Crippen LogP contribution is 2.21. The first-order valence-corrected chi connectivity index (χ1v) is 6.50. The second kappa shape index (κ2) is 5.93. The van der Waals surface area contributed by atoms with Crippen molar-refractivity contribution in [3.63, 3.8) is 0 Å². The molecular formula is C15H17ClN2O. The molecule has 0 atom stereocenters. The number of rotatable bonds is 4. The number of hydrogen-bond acceptors (Lipinski definition) is 3. The van der Waals surface area contributed by atoms with Crippen LogP contribution in [-0.2, 0) is 6.61 Å². The molecule has 100 valence electrons. The second-order valence-corrected chi connectivity index (χ2v) is 4.89. The topological polar surface area (TPSA) is 34.1 Å². The fraction of sp³-hybridized carbons (Fsp3) is 0.267. The molecule has 0 amide bonds. The maximum Gasteiger partial charge on any atom is 0.132 e. The number of aryl methyl sites for hydroxylation is 2. The van der Waals surface area contributed by atoms with Gasteiger partial charge in [-0.15, -0.1) is 0 Å². The standard InChI is InChI=1S/C15H17ClN2O/c1-10-6-11(2)8-12(7-10)19-9-14-13(16)4-5-15(17-3)18-14/h4-8H,9H2,1-3H3,(H,17,18). The van der Waals surface area contributed by atoms with E-state index in [0.29, 0.717) is 11.6 Å². The van der Waals surface area contributed by atoms with Gasteiger partial charge in [-0.3, -0.25) is 0 Å². The predicted octanol–water partition coefficient (Wildman–Crippen LogP) is 3.97. The van der Waals surface area contributed by atoms with Crippen LogP contribution in [-0.4, -0.2) is 12.0 Å². The zero-order chi connectivity index (χ0) is 13.8. The molecule has 0 fully saturated rings. The minimum absolute atomic E-state index is 0.358. The summed E-state index contributed by atoms with van der Waals surface area (Å²) in [5, 5.41) is 3.60. The molecule has 1 N–H and O–H groups in total. The number of ether oxygens (including phenoxy) is 1. The molecule has 0 unspecified atom stereocenters. The molecule has 2 rings (SSSR count). The van der Waals surface area contributed by atoms with Gasteiger partial charge in [0.1, 0.15) is 18.2 Å². The minimum Gasteiger partial charge on any atom is -0.487 e. The third-order valence-corrected chi connectivity index (χ3v) is 3.09. The number of aromatic nitrogens is 1. The zero-order valence-corrected chi connectivity index (χ0v) is 12.1. The summed E-state index contributed by atoms with van der Waals surface area (Å²) < 4.78 is 5.76. The first-order valence-electron chi connectivity index (χ1n) is 6.13. The van der Waals surface area contributed by atoms with Gasteiger partial charge in [-0.1, -0.05) is 17.7 Å². The SMILES string of the molecule is CNc1ccc(Cl)c(COc2cc(C)cc(C)c2)n1. The number of benzene rings is 1. The van der Waals surface area contributed by atoms with Gasteiger partial charge in [-0.05, 0) is 49.2 Å². The number of halogens is 1. The molecular weight excluding hydrogens is 260 g/mol. The Labute approximate surface area is 118 Å². The molecule has 0 aliphatic rings. The van der Waals surface area contributed by atoms with Gasteiger partial charge in [-0.2, -0.15) is 0 Å². The fourth-order valence-corrected chi connectivity index (χ4v) is 2.05. The number of nitrogens with one attached hydrogen (secondary N) is 1. The summed E-state index contributed by atoms with van der Waals surface area (Å²) in [6.07, 6.45) is 0. The van der Waals surface area contributed by atoms with Crippen LogP contribution in [0.3, 0.4) is 0 Å². The second-order valence-electron chi connectivity index (χ2n) is 4.49. The molecule has 0 aliphatic heterocycles. The Morgan fingerprint density at radius 3 is 2.47 bits per heavy atom. The highest BCUT2D eigenvalue weighted by Gasteiger charge is 2.05. The Hall–Kier alpha value is -1.74. The Balaban J connectivity index is 2.13. The lowest BCUT2D eigenvalue weighted by Gasteiger charge is -2.10. The summed E-state index contributed by atoms with van der Waals surface area (Å²) in [4.78, 5) is 4.38. The van der Waals surface area contributed by atoms with E-state index in [2.05, 4.69) is 16.4 Å². The van der Waals surface area contributed by atoms with Crippen molar-refractivity contribution < 1.29 is 4.74 Å². The van der Waals surface area contributed by atoms with Crippen LogP contribution >= 0.6 is 11.6 Å². The highest BCUT2D eigenvalue weighted by atomic mass is 35.5. The van der Waals surface area contributed by atoms with Gasteiger partial charge >= 0.3 is 0 Å². The molecule has 0 saturated heterocycles. The van der Waals surface area contributed by atoms with Gasteiger partial charge in [-0.25, -0.2) is 4.98 Å². The smallest absolute Gasteiger partial charge is 0.132 e. The molecule has 0 radical (unpaired) electrons. The predicted molar refractivity (Wildman–Crippen MR) is 79.0 cm³/mol. The number of hydrogen-bond donors (Lipinski definition) is 1. The minimum atomic E-state index is 0.358. The van der Waals surface area contributed by atoms with Gasteiger partial charge in [0.15, 0.2) is 0 Å². The molecule has 1 aromatic heterocycles. The molecule has 0 saturated carbocycles. The lowest BCUT2D eigenvalue weighted by molar-refractivity contribution is 0.301. The van der Waals surface area contributed by atoms with E-state index < -0.39 is 0 Å². The van der Waals surface area contributed by atoms with Crippen LogP contribution in [0.5, 0.6) is 5.75 Å². The lowest BCUT2D eigenvalue weighted by atomic mass is 10.1. The van der Waals surface area contributed by atoms with E-state index in [1.807, 2.05) is 45.2 Å². The van der Waals surface area contributed by atoms with Gasteiger partial charge in [0.25, 0.3) is 0 Å². The van der Waals surface area contributed by atoms with Crippen molar-refractivity contribution in [2.24, 2.45) is 0 Å². The van der Waals surface area contributed by atoms with Gasteiger partial charge < -0.3 is 10.1 Å². The van der Waals surface area contributed by atoms with E-state index in [4.69, 9.17) is 16.3 Å². The van der Waals surface area contributed by atoms with Crippen molar-refractivity contribution in [1.82, 2.24) is 4.98 Å². The van der Waals surface area contributed by atoms with Crippen molar-refractivity contribution in [1.29, 1.82) is 0 Å². The summed E-state index contributed by atoms with van der Waals surface area (Å²) in [6.45, 7) is 4.46. The van der Waals surface area contributed by atoms with Crippen LogP contribution < -0.4 is 10.1 Å². The Bertz CT molecular complexity index is 564. The van der Waals surface area contributed by atoms with Crippen LogP contribution in [0.4, 0.5) is 5.82 Å². The molecule has 1 heterocycles. The molecule has 0 aliphatic carbocycles. The van der Waals surface area contributed by atoms with Crippen LogP contribution in [0, 0.1) is 13.8 Å². The first kappa shape index (κ1) is 13.7. The average Bonchev–Trinajstić information content (AvgIpc) is 2.37. The van der Waals surface area contributed by atoms with Gasteiger partial charge in [0.05, 0.1) is 10.7 Å². The van der Waals surface area contributed by atoms with Crippen molar-refractivity contribution in [2.75, 3.05) is 12.4 Å². The summed E-state index contributed by atoms with van der Waals surface area (Å²) in [6, 6.07) is 9.77. The van der Waals surface area contributed by atoms with Crippen molar-refractivity contribution in [2.45, 2.75) is 20.5 Å². The average molecular weight is 277 g/mol. The molecule has 3 nitrogen and oxygen atoms in total. The van der Waals surface area contributed by atoms with Crippen molar-refractivity contribution in [3.05, 3.63) is 52.2 Å². The normalized spacial score (nSPS) is 10.3. The van der Waals surface area contributed by atoms with Gasteiger partial charge in [0, 0.05) is 7.05 Å². The summed E-state index contributed by atoms with van der Waals surface area (Å²) in [5.74, 6) is 1.62. The fourth-order valence-electron chi connectivity index (χ4n) is 1.89. The molecule has 1 aromatic carbocycles. The maximum absolute atomic E-state index is 6.11. The third kappa shape index (κ3) is 3.61. The number of anilines is 1. The van der Waals surface area contributed by atoms with E-state index in [9.17, 15) is 0 Å². The van der Waals surface area contributed by atoms with E-state index in [1.165, 1.54) is 11.1 Å². The third-order valence-electron chi connectivity index (χ3n) is 2.75. The first-order chi connectivity index (χ1) is 9.08. The Morgan fingerprint density at radius 2 is 1.84 bits per heavy atom. The zero-order valence-electron chi connectivity index (χ0n) is 11.3.